The van der Waals surface area contributed by atoms with Crippen molar-refractivity contribution in [2.24, 2.45) is 5.92 Å². The molecule has 5 nitrogen and oxygen atoms in total. The average Bonchev–Trinajstić information content (AvgIpc) is 2.54. The van der Waals surface area contributed by atoms with Crippen molar-refractivity contribution in [3.63, 3.8) is 0 Å². The van der Waals surface area contributed by atoms with Crippen molar-refractivity contribution in [3.05, 3.63) is 29.8 Å². The molecule has 1 aliphatic heterocycles. The number of hydrogen-bond acceptors (Lipinski definition) is 3. The number of rotatable bonds is 4. The van der Waals surface area contributed by atoms with Gasteiger partial charge < -0.3 is 15.0 Å². The second-order valence-electron chi connectivity index (χ2n) is 5.96. The molecule has 120 valence electrons. The molecule has 0 unspecified atom stereocenters. The zero-order valence-corrected chi connectivity index (χ0v) is 13.5. The van der Waals surface area contributed by atoms with Gasteiger partial charge in [-0.2, -0.15) is 0 Å². The number of nitrogens with one attached hydrogen (secondary N) is 1. The smallest absolute Gasteiger partial charge is 0.251 e. The van der Waals surface area contributed by atoms with Crippen molar-refractivity contribution in [1.82, 2.24) is 10.2 Å². The summed E-state index contributed by atoms with van der Waals surface area (Å²) >= 11 is 0. The summed E-state index contributed by atoms with van der Waals surface area (Å²) in [5, 5.41) is 3.04. The molecule has 1 saturated heterocycles. The topological polar surface area (TPSA) is 58.6 Å². The van der Waals surface area contributed by atoms with Crippen molar-refractivity contribution >= 4 is 11.8 Å². The van der Waals surface area contributed by atoms with Crippen LogP contribution in [0, 0.1) is 5.92 Å². The molecule has 1 heterocycles. The Kier molecular flexibility index (Phi) is 5.41. The summed E-state index contributed by atoms with van der Waals surface area (Å²) < 4.78 is 5.08. The van der Waals surface area contributed by atoms with E-state index in [1.807, 2.05) is 18.7 Å². The molecule has 1 N–H and O–H groups in total. The number of likely N-dealkylation sites (tertiary alicyclic amines) is 1. The van der Waals surface area contributed by atoms with E-state index < -0.39 is 0 Å². The molecule has 1 aromatic rings. The molecule has 22 heavy (non-hydrogen) atoms. The van der Waals surface area contributed by atoms with Crippen molar-refractivity contribution in [3.8, 4) is 5.75 Å². The number of amides is 2. The standard InChI is InChI=1S/C17H24N2O3/c1-12(2)17(21)19-10-8-14(9-11-19)18-16(20)13-4-6-15(22-3)7-5-13/h4-7,12,14H,8-11H2,1-3H3,(H,18,20). The van der Waals surface area contributed by atoms with E-state index in [-0.39, 0.29) is 23.8 Å². The molecular weight excluding hydrogens is 280 g/mol. The summed E-state index contributed by atoms with van der Waals surface area (Å²) in [6.45, 7) is 5.26. The predicted octanol–water partition coefficient (Wildman–Crippen LogP) is 2.07. The maximum absolute atomic E-state index is 12.2. The fourth-order valence-electron chi connectivity index (χ4n) is 2.62. The van der Waals surface area contributed by atoms with E-state index in [0.29, 0.717) is 18.7 Å². The Balaban J connectivity index is 1.84. The third-order valence-corrected chi connectivity index (χ3v) is 3.99. The van der Waals surface area contributed by atoms with Gasteiger partial charge in [-0.3, -0.25) is 9.59 Å². The monoisotopic (exact) mass is 304 g/mol. The maximum Gasteiger partial charge on any atom is 0.251 e. The van der Waals surface area contributed by atoms with Crippen LogP contribution in [0.2, 0.25) is 0 Å². The zero-order chi connectivity index (χ0) is 16.1. The molecule has 2 rings (SSSR count). The number of nitrogens with zero attached hydrogens (tertiary/aromatic N) is 1. The van der Waals surface area contributed by atoms with Gasteiger partial charge in [-0.05, 0) is 37.1 Å². The summed E-state index contributed by atoms with van der Waals surface area (Å²) in [6, 6.07) is 7.19. The maximum atomic E-state index is 12.2. The molecular formula is C17H24N2O3. The molecule has 1 aromatic carbocycles. The molecule has 1 aliphatic rings. The minimum atomic E-state index is -0.0729. The molecule has 0 bridgehead atoms. The van der Waals surface area contributed by atoms with Gasteiger partial charge in [-0.15, -0.1) is 0 Å². The van der Waals surface area contributed by atoms with Gasteiger partial charge in [0, 0.05) is 30.6 Å². The molecule has 0 spiro atoms. The van der Waals surface area contributed by atoms with Crippen molar-refractivity contribution in [2.75, 3.05) is 20.2 Å². The number of benzene rings is 1. The highest BCUT2D eigenvalue weighted by molar-refractivity contribution is 5.94. The molecule has 5 heteroatoms. The molecule has 0 saturated carbocycles. The molecule has 2 amide bonds. The predicted molar refractivity (Wildman–Crippen MR) is 84.9 cm³/mol. The summed E-state index contributed by atoms with van der Waals surface area (Å²) in [4.78, 5) is 26.0. The molecule has 0 radical (unpaired) electrons. The average molecular weight is 304 g/mol. The number of methoxy groups -OCH3 is 1. The van der Waals surface area contributed by atoms with Gasteiger partial charge in [0.05, 0.1) is 7.11 Å². The van der Waals surface area contributed by atoms with Crippen LogP contribution in [0.5, 0.6) is 5.75 Å². The first kappa shape index (κ1) is 16.3. The molecule has 0 aromatic heterocycles. The fourth-order valence-corrected chi connectivity index (χ4v) is 2.62. The van der Waals surface area contributed by atoms with Gasteiger partial charge in [-0.25, -0.2) is 0 Å². The van der Waals surface area contributed by atoms with E-state index in [4.69, 9.17) is 4.74 Å². The van der Waals surface area contributed by atoms with E-state index in [9.17, 15) is 9.59 Å². The molecule has 0 aliphatic carbocycles. The SMILES string of the molecule is COc1ccc(C(=O)NC2CCN(C(=O)C(C)C)CC2)cc1. The van der Waals surface area contributed by atoms with Gasteiger partial charge in [0.2, 0.25) is 5.91 Å². The highest BCUT2D eigenvalue weighted by Crippen LogP contribution is 2.15. The summed E-state index contributed by atoms with van der Waals surface area (Å²) in [7, 11) is 1.60. The second-order valence-corrected chi connectivity index (χ2v) is 5.96. The highest BCUT2D eigenvalue weighted by Gasteiger charge is 2.25. The largest absolute Gasteiger partial charge is 0.497 e. The first-order valence-corrected chi connectivity index (χ1v) is 7.75. The number of ether oxygens (including phenoxy) is 1. The number of carbonyl (C=O) groups is 2. The second kappa shape index (κ2) is 7.29. The summed E-state index contributed by atoms with van der Waals surface area (Å²) in [6.07, 6.45) is 1.61. The van der Waals surface area contributed by atoms with E-state index in [2.05, 4.69) is 5.32 Å². The van der Waals surface area contributed by atoms with Crippen LogP contribution < -0.4 is 10.1 Å². The highest BCUT2D eigenvalue weighted by atomic mass is 16.5. The van der Waals surface area contributed by atoms with Crippen LogP contribution in [0.4, 0.5) is 0 Å². The van der Waals surface area contributed by atoms with E-state index >= 15 is 0 Å². The van der Waals surface area contributed by atoms with Crippen LogP contribution in [0.3, 0.4) is 0 Å². The molecule has 1 fully saturated rings. The first-order chi connectivity index (χ1) is 10.5. The number of hydrogen-bond donors (Lipinski definition) is 1. The lowest BCUT2D eigenvalue weighted by molar-refractivity contribution is -0.135. The lowest BCUT2D eigenvalue weighted by Gasteiger charge is -2.33. The fraction of sp³-hybridized carbons (Fsp3) is 0.529. The van der Waals surface area contributed by atoms with Crippen LogP contribution in [-0.2, 0) is 4.79 Å². The van der Waals surface area contributed by atoms with Crippen LogP contribution >= 0.6 is 0 Å². The Hall–Kier alpha value is -2.04. The van der Waals surface area contributed by atoms with Gasteiger partial charge in [0.15, 0.2) is 0 Å². The van der Waals surface area contributed by atoms with Crippen LogP contribution in [0.1, 0.15) is 37.0 Å². The lowest BCUT2D eigenvalue weighted by atomic mass is 10.0. The van der Waals surface area contributed by atoms with Crippen molar-refractivity contribution in [1.29, 1.82) is 0 Å². The Bertz CT molecular complexity index is 517. The van der Waals surface area contributed by atoms with Crippen LogP contribution in [-0.4, -0.2) is 43.0 Å². The van der Waals surface area contributed by atoms with Gasteiger partial charge in [0.25, 0.3) is 5.91 Å². The Morgan fingerprint density at radius 2 is 1.77 bits per heavy atom. The zero-order valence-electron chi connectivity index (χ0n) is 13.5. The Labute approximate surface area is 131 Å². The minimum absolute atomic E-state index is 0.0328. The van der Waals surface area contributed by atoms with E-state index in [1.54, 1.807) is 31.4 Å². The summed E-state index contributed by atoms with van der Waals surface area (Å²) in [5.41, 5.74) is 0.626. The lowest BCUT2D eigenvalue weighted by Crippen LogP contribution is -2.47. The van der Waals surface area contributed by atoms with E-state index in [0.717, 1.165) is 18.6 Å². The van der Waals surface area contributed by atoms with Crippen molar-refractivity contribution < 1.29 is 14.3 Å². The minimum Gasteiger partial charge on any atom is -0.497 e. The van der Waals surface area contributed by atoms with Gasteiger partial charge >= 0.3 is 0 Å². The Morgan fingerprint density at radius 1 is 1.18 bits per heavy atom. The Morgan fingerprint density at radius 3 is 2.27 bits per heavy atom. The van der Waals surface area contributed by atoms with Crippen LogP contribution in [0.25, 0.3) is 0 Å². The molecule has 0 atom stereocenters. The summed E-state index contributed by atoms with van der Waals surface area (Å²) in [5.74, 6) is 0.888. The third kappa shape index (κ3) is 4.00. The number of carbonyl (C=O) groups excluding carboxylic acids is 2. The first-order valence-electron chi connectivity index (χ1n) is 7.75. The number of piperidine rings is 1. The quantitative estimate of drug-likeness (QED) is 0.926. The van der Waals surface area contributed by atoms with E-state index in [1.165, 1.54) is 0 Å². The normalized spacial score (nSPS) is 15.7. The van der Waals surface area contributed by atoms with Gasteiger partial charge in [0.1, 0.15) is 5.75 Å². The van der Waals surface area contributed by atoms with Gasteiger partial charge in [-0.1, -0.05) is 13.8 Å². The van der Waals surface area contributed by atoms with Crippen LogP contribution in [0.15, 0.2) is 24.3 Å². The van der Waals surface area contributed by atoms with Crippen molar-refractivity contribution in [2.45, 2.75) is 32.7 Å². The third-order valence-electron chi connectivity index (χ3n) is 3.99.